The lowest BCUT2D eigenvalue weighted by Crippen LogP contribution is -1.99. The molecule has 0 aliphatic heterocycles. The number of hydrogen-bond donors (Lipinski definition) is 1. The molecule has 0 saturated carbocycles. The molecule has 0 aliphatic carbocycles. The van der Waals surface area contributed by atoms with E-state index in [4.69, 9.17) is 30.9 Å². The highest BCUT2D eigenvalue weighted by atomic mass is 35.5. The van der Waals surface area contributed by atoms with Crippen LogP contribution in [0, 0.1) is 0 Å². The number of halogens is 1. The van der Waals surface area contributed by atoms with E-state index in [1.807, 2.05) is 0 Å². The predicted molar refractivity (Wildman–Crippen MR) is 83.5 cm³/mol. The molecule has 0 radical (unpaired) electrons. The predicted octanol–water partition coefficient (Wildman–Crippen LogP) is 3.73. The van der Waals surface area contributed by atoms with Crippen LogP contribution in [0.15, 0.2) is 30.3 Å². The number of rotatable bonds is 5. The molecule has 0 fully saturated rings. The summed E-state index contributed by atoms with van der Waals surface area (Å²) in [6, 6.07) is 7.93. The summed E-state index contributed by atoms with van der Waals surface area (Å²) in [6.07, 6.45) is 0. The number of carboxylic acids is 1. The van der Waals surface area contributed by atoms with Crippen molar-refractivity contribution in [1.29, 1.82) is 0 Å². The fourth-order valence-corrected chi connectivity index (χ4v) is 2.40. The van der Waals surface area contributed by atoms with Gasteiger partial charge >= 0.3 is 5.97 Å². The van der Waals surface area contributed by atoms with Gasteiger partial charge in [-0.2, -0.15) is 0 Å². The third kappa shape index (κ3) is 2.80. The van der Waals surface area contributed by atoms with Gasteiger partial charge in [0.25, 0.3) is 0 Å². The number of ether oxygens (including phenoxy) is 3. The first kappa shape index (κ1) is 16.0. The van der Waals surface area contributed by atoms with E-state index in [9.17, 15) is 4.79 Å². The Hall–Kier alpha value is -2.40. The maximum Gasteiger partial charge on any atom is 0.335 e. The van der Waals surface area contributed by atoms with Crippen LogP contribution in [0.5, 0.6) is 17.2 Å². The minimum absolute atomic E-state index is 0.135. The number of aromatic carboxylic acids is 1. The van der Waals surface area contributed by atoms with Crippen molar-refractivity contribution in [3.8, 4) is 28.4 Å². The summed E-state index contributed by atoms with van der Waals surface area (Å²) in [5.74, 6) is 0.316. The molecule has 22 heavy (non-hydrogen) atoms. The summed E-state index contributed by atoms with van der Waals surface area (Å²) < 4.78 is 16.0. The Balaban J connectivity index is 2.72. The zero-order valence-electron chi connectivity index (χ0n) is 12.3. The zero-order valence-corrected chi connectivity index (χ0v) is 13.1. The molecular formula is C16H15ClO5. The van der Waals surface area contributed by atoms with Gasteiger partial charge in [0.1, 0.15) is 0 Å². The maximum absolute atomic E-state index is 11.2. The first-order valence-corrected chi connectivity index (χ1v) is 6.73. The summed E-state index contributed by atoms with van der Waals surface area (Å²) in [7, 11) is 4.52. The Bertz CT molecular complexity index is 712. The monoisotopic (exact) mass is 322 g/mol. The SMILES string of the molecule is COc1ccc(-c2cc(C(=O)O)ccc2Cl)c(OC)c1OC. The van der Waals surface area contributed by atoms with Gasteiger partial charge in [0.05, 0.1) is 26.9 Å². The van der Waals surface area contributed by atoms with E-state index in [2.05, 4.69) is 0 Å². The minimum Gasteiger partial charge on any atom is -0.493 e. The molecule has 1 N–H and O–H groups in total. The molecule has 0 saturated heterocycles. The zero-order chi connectivity index (χ0) is 16.3. The van der Waals surface area contributed by atoms with E-state index in [1.54, 1.807) is 12.1 Å². The molecule has 2 rings (SSSR count). The lowest BCUT2D eigenvalue weighted by atomic mass is 10.0. The Morgan fingerprint density at radius 1 is 0.955 bits per heavy atom. The van der Waals surface area contributed by atoms with Crippen LogP contribution in [0.1, 0.15) is 10.4 Å². The van der Waals surface area contributed by atoms with Crippen LogP contribution >= 0.6 is 11.6 Å². The first-order valence-electron chi connectivity index (χ1n) is 6.35. The molecule has 2 aromatic carbocycles. The van der Waals surface area contributed by atoms with Crippen molar-refractivity contribution in [3.63, 3.8) is 0 Å². The summed E-state index contributed by atoms with van der Waals surface area (Å²) >= 11 is 6.21. The van der Waals surface area contributed by atoms with Gasteiger partial charge in [0.15, 0.2) is 11.5 Å². The van der Waals surface area contributed by atoms with Gasteiger partial charge in [-0.3, -0.25) is 0 Å². The van der Waals surface area contributed by atoms with E-state index in [0.29, 0.717) is 33.4 Å². The lowest BCUT2D eigenvalue weighted by molar-refractivity contribution is 0.0697. The maximum atomic E-state index is 11.2. The van der Waals surface area contributed by atoms with Crippen molar-refractivity contribution in [2.75, 3.05) is 21.3 Å². The highest BCUT2D eigenvalue weighted by Gasteiger charge is 2.19. The molecule has 0 bridgehead atoms. The van der Waals surface area contributed by atoms with E-state index in [1.165, 1.54) is 39.5 Å². The molecular weight excluding hydrogens is 308 g/mol. The highest BCUT2D eigenvalue weighted by molar-refractivity contribution is 6.33. The molecule has 2 aromatic rings. The number of hydrogen-bond acceptors (Lipinski definition) is 4. The average Bonchev–Trinajstić information content (AvgIpc) is 2.53. The quantitative estimate of drug-likeness (QED) is 0.908. The molecule has 116 valence electrons. The number of benzene rings is 2. The first-order chi connectivity index (χ1) is 10.5. The van der Waals surface area contributed by atoms with Crippen LogP contribution in [-0.4, -0.2) is 32.4 Å². The van der Waals surface area contributed by atoms with Crippen LogP contribution in [0.4, 0.5) is 0 Å². The molecule has 0 amide bonds. The topological polar surface area (TPSA) is 65.0 Å². The summed E-state index contributed by atoms with van der Waals surface area (Å²) in [5, 5.41) is 9.55. The van der Waals surface area contributed by atoms with E-state index < -0.39 is 5.97 Å². The second-order valence-corrected chi connectivity index (χ2v) is 4.79. The minimum atomic E-state index is -1.03. The molecule has 0 spiro atoms. The normalized spacial score (nSPS) is 10.2. The third-order valence-electron chi connectivity index (χ3n) is 3.21. The van der Waals surface area contributed by atoms with Crippen molar-refractivity contribution < 1.29 is 24.1 Å². The number of carboxylic acid groups (broad SMARTS) is 1. The Morgan fingerprint density at radius 3 is 2.18 bits per heavy atom. The second-order valence-electron chi connectivity index (χ2n) is 4.38. The molecule has 0 atom stereocenters. The van der Waals surface area contributed by atoms with Gasteiger partial charge in [0.2, 0.25) is 5.75 Å². The van der Waals surface area contributed by atoms with E-state index in [-0.39, 0.29) is 5.56 Å². The van der Waals surface area contributed by atoms with Gasteiger partial charge in [-0.1, -0.05) is 11.6 Å². The summed E-state index contributed by atoms with van der Waals surface area (Å²) in [4.78, 5) is 11.2. The molecule has 0 heterocycles. The van der Waals surface area contributed by atoms with E-state index in [0.717, 1.165) is 0 Å². The van der Waals surface area contributed by atoms with Crippen LogP contribution < -0.4 is 14.2 Å². The largest absolute Gasteiger partial charge is 0.493 e. The molecule has 5 nitrogen and oxygen atoms in total. The Kier molecular flexibility index (Phi) is 4.78. The van der Waals surface area contributed by atoms with Gasteiger partial charge < -0.3 is 19.3 Å². The van der Waals surface area contributed by atoms with Gasteiger partial charge in [-0.05, 0) is 30.3 Å². The molecule has 0 aliphatic rings. The van der Waals surface area contributed by atoms with E-state index >= 15 is 0 Å². The number of methoxy groups -OCH3 is 3. The van der Waals surface area contributed by atoms with Crippen molar-refractivity contribution >= 4 is 17.6 Å². The van der Waals surface area contributed by atoms with Gasteiger partial charge in [-0.15, -0.1) is 0 Å². The fourth-order valence-electron chi connectivity index (χ4n) is 2.18. The van der Waals surface area contributed by atoms with Crippen LogP contribution in [-0.2, 0) is 0 Å². The highest BCUT2D eigenvalue weighted by Crippen LogP contribution is 2.45. The Labute approximate surface area is 133 Å². The summed E-state index contributed by atoms with van der Waals surface area (Å²) in [5.41, 5.74) is 1.30. The summed E-state index contributed by atoms with van der Waals surface area (Å²) in [6.45, 7) is 0. The fraction of sp³-hybridized carbons (Fsp3) is 0.188. The van der Waals surface area contributed by atoms with Crippen molar-refractivity contribution in [2.45, 2.75) is 0 Å². The number of carbonyl (C=O) groups is 1. The van der Waals surface area contributed by atoms with Crippen molar-refractivity contribution in [3.05, 3.63) is 40.9 Å². The lowest BCUT2D eigenvalue weighted by Gasteiger charge is -2.16. The molecule has 0 aromatic heterocycles. The van der Waals surface area contributed by atoms with Crippen LogP contribution in [0.25, 0.3) is 11.1 Å². The molecule has 0 unspecified atom stereocenters. The third-order valence-corrected chi connectivity index (χ3v) is 3.54. The molecule has 6 heteroatoms. The average molecular weight is 323 g/mol. The van der Waals surface area contributed by atoms with Crippen LogP contribution in [0.3, 0.4) is 0 Å². The second kappa shape index (κ2) is 6.58. The smallest absolute Gasteiger partial charge is 0.335 e. The van der Waals surface area contributed by atoms with Gasteiger partial charge in [-0.25, -0.2) is 4.79 Å². The standard InChI is InChI=1S/C16H15ClO5/c1-20-13-7-5-10(14(21-2)15(13)22-3)11-8-9(16(18)19)4-6-12(11)17/h4-8H,1-3H3,(H,18,19). The van der Waals surface area contributed by atoms with Gasteiger partial charge in [0, 0.05) is 16.1 Å². The van der Waals surface area contributed by atoms with Crippen molar-refractivity contribution in [2.24, 2.45) is 0 Å². The van der Waals surface area contributed by atoms with Crippen LogP contribution in [0.2, 0.25) is 5.02 Å². The Morgan fingerprint density at radius 2 is 1.64 bits per heavy atom. The van der Waals surface area contributed by atoms with Crippen molar-refractivity contribution in [1.82, 2.24) is 0 Å².